The molecule has 2 N–H and O–H groups in total. The van der Waals surface area contributed by atoms with Gasteiger partial charge >= 0.3 is 0 Å². The molecule has 1 heterocycles. The summed E-state index contributed by atoms with van der Waals surface area (Å²) in [5.41, 5.74) is 5.65. The third-order valence-corrected chi connectivity index (χ3v) is 10.6. The Hall–Kier alpha value is -2.74. The van der Waals surface area contributed by atoms with Crippen molar-refractivity contribution in [3.63, 3.8) is 0 Å². The Morgan fingerprint density at radius 3 is 1.72 bits per heavy atom. The summed E-state index contributed by atoms with van der Waals surface area (Å²) in [4.78, 5) is 0. The Balaban J connectivity index is 1.58. The lowest BCUT2D eigenvalue weighted by molar-refractivity contribution is -0.696. The first-order valence-corrected chi connectivity index (χ1v) is 13.6. The molecule has 4 aromatic rings. The first kappa shape index (κ1) is 22.5. The molecule has 0 unspecified atom stereocenters. The monoisotopic (exact) mass is 443 g/mol. The van der Waals surface area contributed by atoms with Gasteiger partial charge in [-0.05, 0) is 62.2 Å². The third kappa shape index (κ3) is 5.18. The van der Waals surface area contributed by atoms with Crippen LogP contribution in [0.5, 0.6) is 0 Å². The van der Waals surface area contributed by atoms with Gasteiger partial charge in [0.15, 0.2) is 0 Å². The van der Waals surface area contributed by atoms with Gasteiger partial charge in [-0.2, -0.15) is 0 Å². The van der Waals surface area contributed by atoms with Gasteiger partial charge in [0.1, 0.15) is 35.6 Å². The lowest BCUT2D eigenvalue weighted by atomic mass is 10.3. The fourth-order valence-corrected chi connectivity index (χ4v) is 8.91. The minimum atomic E-state index is -1.71. The molecule has 0 radical (unpaired) electrons. The minimum Gasteiger partial charge on any atom is -0.330 e. The van der Waals surface area contributed by atoms with Crippen molar-refractivity contribution in [1.29, 1.82) is 0 Å². The van der Waals surface area contributed by atoms with E-state index in [2.05, 4.69) is 119 Å². The van der Waals surface area contributed by atoms with E-state index in [0.717, 1.165) is 26.1 Å². The van der Waals surface area contributed by atoms with Gasteiger partial charge in [0.05, 0.1) is 19.3 Å². The van der Waals surface area contributed by atoms with Crippen molar-refractivity contribution in [1.82, 2.24) is 4.57 Å². The largest absolute Gasteiger partial charge is 0.330 e. The van der Waals surface area contributed by atoms with Crippen molar-refractivity contribution in [2.45, 2.75) is 32.4 Å². The molecule has 0 atom stereocenters. The number of hydrogen-bond acceptors (Lipinski definition) is 1. The van der Waals surface area contributed by atoms with Crippen LogP contribution in [0.3, 0.4) is 0 Å². The Morgan fingerprint density at radius 2 is 1.22 bits per heavy atom. The molecule has 0 aliphatic carbocycles. The van der Waals surface area contributed by atoms with Crippen LogP contribution in [0.2, 0.25) is 0 Å². The van der Waals surface area contributed by atoms with Gasteiger partial charge in [0.25, 0.3) is 0 Å². The molecule has 0 bridgehead atoms. The lowest BCUT2D eigenvalue weighted by Crippen LogP contribution is -2.33. The zero-order valence-corrected chi connectivity index (χ0v) is 19.7. The van der Waals surface area contributed by atoms with Crippen LogP contribution in [0.1, 0.15) is 19.3 Å². The summed E-state index contributed by atoms with van der Waals surface area (Å²) in [5.74, 6) is 0. The Bertz CT molecular complexity index is 965. The van der Waals surface area contributed by atoms with Gasteiger partial charge in [-0.25, -0.2) is 9.13 Å². The smallest absolute Gasteiger partial charge is 0.243 e. The van der Waals surface area contributed by atoms with E-state index in [0.29, 0.717) is 0 Å². The van der Waals surface area contributed by atoms with E-state index in [-0.39, 0.29) is 0 Å². The predicted molar refractivity (Wildman–Crippen MR) is 138 cm³/mol. The van der Waals surface area contributed by atoms with Crippen molar-refractivity contribution < 1.29 is 4.57 Å². The molecular formula is C28H34N3P+2. The highest BCUT2D eigenvalue weighted by atomic mass is 31.2. The van der Waals surface area contributed by atoms with Gasteiger partial charge in [-0.1, -0.05) is 54.6 Å². The SMILES string of the molecule is NCCC[n+]1ccn(CCCC[P+](c2ccccc2)(c2ccccc2)c2ccccc2)c1. The zero-order valence-electron chi connectivity index (χ0n) is 18.8. The van der Waals surface area contributed by atoms with Gasteiger partial charge in [0.2, 0.25) is 6.33 Å². The molecule has 3 aromatic carbocycles. The maximum absolute atomic E-state index is 5.65. The number of unbranched alkanes of at least 4 members (excludes halogenated alkanes) is 1. The number of aryl methyl sites for hydroxylation is 2. The summed E-state index contributed by atoms with van der Waals surface area (Å²) in [7, 11) is -1.71. The zero-order chi connectivity index (χ0) is 22.1. The van der Waals surface area contributed by atoms with E-state index in [1.165, 1.54) is 34.9 Å². The van der Waals surface area contributed by atoms with Gasteiger partial charge in [0, 0.05) is 0 Å². The summed E-state index contributed by atoms with van der Waals surface area (Å²) in [5, 5.41) is 4.41. The highest BCUT2D eigenvalue weighted by molar-refractivity contribution is 7.95. The average Bonchev–Trinajstić information content (AvgIpc) is 3.32. The minimum absolute atomic E-state index is 0.739. The highest BCUT2D eigenvalue weighted by Gasteiger charge is 2.44. The first-order valence-electron chi connectivity index (χ1n) is 11.6. The predicted octanol–water partition coefficient (Wildman–Crippen LogP) is 3.90. The number of benzene rings is 3. The molecule has 0 fully saturated rings. The van der Waals surface area contributed by atoms with Crippen LogP contribution in [0.4, 0.5) is 0 Å². The Morgan fingerprint density at radius 1 is 0.688 bits per heavy atom. The maximum atomic E-state index is 5.65. The molecule has 0 spiro atoms. The molecule has 0 aliphatic heterocycles. The maximum Gasteiger partial charge on any atom is 0.243 e. The van der Waals surface area contributed by atoms with E-state index in [1.54, 1.807) is 0 Å². The molecule has 0 aliphatic rings. The average molecular weight is 444 g/mol. The molecule has 0 amide bonds. The lowest BCUT2D eigenvalue weighted by Gasteiger charge is -2.27. The number of rotatable bonds is 11. The van der Waals surface area contributed by atoms with Gasteiger partial charge in [-0.15, -0.1) is 0 Å². The summed E-state index contributed by atoms with van der Waals surface area (Å²) < 4.78 is 4.55. The first-order chi connectivity index (χ1) is 15.8. The topological polar surface area (TPSA) is 34.8 Å². The number of imidazole rings is 1. The summed E-state index contributed by atoms with van der Waals surface area (Å²) in [6.07, 6.45) is 11.1. The number of nitrogens with zero attached hydrogens (tertiary/aromatic N) is 2. The molecular weight excluding hydrogens is 409 g/mol. The van der Waals surface area contributed by atoms with E-state index < -0.39 is 7.26 Å². The van der Waals surface area contributed by atoms with E-state index in [9.17, 15) is 0 Å². The molecule has 32 heavy (non-hydrogen) atoms. The third-order valence-electron chi connectivity index (χ3n) is 6.12. The standard InChI is InChI=1S/C28H34N3P/c29-19-12-21-31-23-22-30(25-31)20-10-11-24-32(26-13-4-1-5-14-26,27-15-6-2-7-16-27)28-17-8-3-9-18-28/h1-9,13-18,22-23,25H,10-12,19-21,24,29H2/q+2. The molecule has 4 heteroatoms. The second-order valence-corrected chi connectivity index (χ2v) is 11.9. The molecule has 0 saturated heterocycles. The van der Waals surface area contributed by atoms with Crippen molar-refractivity contribution >= 4 is 23.2 Å². The fraction of sp³-hybridized carbons (Fsp3) is 0.250. The molecule has 4 rings (SSSR count). The number of aromatic nitrogens is 2. The molecule has 0 saturated carbocycles. The van der Waals surface area contributed by atoms with Crippen molar-refractivity contribution in [2.75, 3.05) is 12.7 Å². The van der Waals surface area contributed by atoms with Crippen LogP contribution in [0, 0.1) is 0 Å². The second-order valence-electron chi connectivity index (χ2n) is 8.28. The van der Waals surface area contributed by atoms with Gasteiger partial charge in [-0.3, -0.25) is 0 Å². The van der Waals surface area contributed by atoms with Crippen molar-refractivity contribution in [2.24, 2.45) is 5.73 Å². The Kier molecular flexibility index (Phi) is 7.87. The quantitative estimate of drug-likeness (QED) is 0.213. The van der Waals surface area contributed by atoms with Crippen LogP contribution in [0.15, 0.2) is 110 Å². The second kappa shape index (κ2) is 11.2. The molecule has 3 nitrogen and oxygen atoms in total. The number of hydrogen-bond donors (Lipinski definition) is 1. The van der Waals surface area contributed by atoms with Crippen LogP contribution in [-0.4, -0.2) is 17.3 Å². The summed E-state index contributed by atoms with van der Waals surface area (Å²) in [6, 6.07) is 33.5. The molecule has 164 valence electrons. The van der Waals surface area contributed by atoms with E-state index in [1.807, 2.05) is 0 Å². The van der Waals surface area contributed by atoms with Crippen LogP contribution in [0.25, 0.3) is 0 Å². The summed E-state index contributed by atoms with van der Waals surface area (Å²) >= 11 is 0. The normalized spacial score (nSPS) is 11.5. The van der Waals surface area contributed by atoms with Crippen molar-refractivity contribution in [3.8, 4) is 0 Å². The Labute approximate surface area is 192 Å². The van der Waals surface area contributed by atoms with Gasteiger partial charge < -0.3 is 5.73 Å². The van der Waals surface area contributed by atoms with Crippen LogP contribution >= 0.6 is 7.26 Å². The van der Waals surface area contributed by atoms with Crippen LogP contribution < -0.4 is 26.2 Å². The highest BCUT2D eigenvalue weighted by Crippen LogP contribution is 2.55. The molecule has 1 aromatic heterocycles. The fourth-order valence-electron chi connectivity index (χ4n) is 4.50. The number of nitrogens with two attached hydrogens (primary N) is 1. The summed E-state index contributed by atoms with van der Waals surface area (Å²) in [6.45, 7) is 2.78. The van der Waals surface area contributed by atoms with E-state index >= 15 is 0 Å². The van der Waals surface area contributed by atoms with Crippen LogP contribution in [-0.2, 0) is 13.1 Å². The van der Waals surface area contributed by atoms with Crippen molar-refractivity contribution in [3.05, 3.63) is 110 Å². The van der Waals surface area contributed by atoms with E-state index in [4.69, 9.17) is 5.73 Å².